The average Bonchev–Trinajstić information content (AvgIpc) is 2.73. The van der Waals surface area contributed by atoms with Crippen LogP contribution in [0.5, 0.6) is 0 Å². The number of hydrogen-bond donors (Lipinski definition) is 1. The third kappa shape index (κ3) is 2.30. The highest BCUT2D eigenvalue weighted by Crippen LogP contribution is 2.36. The van der Waals surface area contributed by atoms with Crippen molar-refractivity contribution in [1.82, 2.24) is 0 Å². The zero-order valence-corrected chi connectivity index (χ0v) is 9.68. The molecule has 0 saturated heterocycles. The summed E-state index contributed by atoms with van der Waals surface area (Å²) in [6.07, 6.45) is 1.87. The van der Waals surface area contributed by atoms with Crippen LogP contribution in [-0.4, -0.2) is 25.4 Å². The standard InChI is InChI=1S/C13H15NO3/c1-17-13(16)7-6-12-10(8-15)9-4-2-3-5-11(9)14-12/h2-5,8,10,12,14H,6-7H2,1H3. The fourth-order valence-corrected chi connectivity index (χ4v) is 2.22. The van der Waals surface area contributed by atoms with E-state index in [1.165, 1.54) is 7.11 Å². The van der Waals surface area contributed by atoms with Crippen molar-refractivity contribution < 1.29 is 14.3 Å². The van der Waals surface area contributed by atoms with Crippen LogP contribution < -0.4 is 5.32 Å². The molecular formula is C13H15NO3. The van der Waals surface area contributed by atoms with Gasteiger partial charge in [0.2, 0.25) is 0 Å². The number of benzene rings is 1. The van der Waals surface area contributed by atoms with E-state index in [-0.39, 0.29) is 17.9 Å². The van der Waals surface area contributed by atoms with Crippen LogP contribution in [0.25, 0.3) is 0 Å². The second-order valence-corrected chi connectivity index (χ2v) is 4.11. The first-order valence-electron chi connectivity index (χ1n) is 5.64. The summed E-state index contributed by atoms with van der Waals surface area (Å²) < 4.78 is 4.60. The summed E-state index contributed by atoms with van der Waals surface area (Å²) in [6, 6.07) is 7.73. The molecule has 4 nitrogen and oxygen atoms in total. The van der Waals surface area contributed by atoms with Gasteiger partial charge in [0.15, 0.2) is 0 Å². The van der Waals surface area contributed by atoms with Gasteiger partial charge in [0, 0.05) is 18.2 Å². The molecule has 90 valence electrons. The zero-order chi connectivity index (χ0) is 12.3. The Labute approximate surface area is 100.0 Å². The lowest BCUT2D eigenvalue weighted by Gasteiger charge is -2.14. The minimum atomic E-state index is -0.243. The third-order valence-corrected chi connectivity index (χ3v) is 3.13. The first-order valence-corrected chi connectivity index (χ1v) is 5.64. The van der Waals surface area contributed by atoms with Crippen molar-refractivity contribution in [2.75, 3.05) is 12.4 Å². The van der Waals surface area contributed by atoms with Crippen LogP contribution in [0.3, 0.4) is 0 Å². The number of esters is 1. The number of fused-ring (bicyclic) bond motifs is 1. The number of rotatable bonds is 4. The normalized spacial score (nSPS) is 21.5. The highest BCUT2D eigenvalue weighted by Gasteiger charge is 2.31. The summed E-state index contributed by atoms with van der Waals surface area (Å²) >= 11 is 0. The fourth-order valence-electron chi connectivity index (χ4n) is 2.22. The lowest BCUT2D eigenvalue weighted by atomic mass is 9.94. The molecule has 0 aliphatic carbocycles. The molecule has 0 fully saturated rings. The summed E-state index contributed by atoms with van der Waals surface area (Å²) in [5.41, 5.74) is 2.00. The van der Waals surface area contributed by atoms with E-state index in [1.54, 1.807) is 0 Å². The van der Waals surface area contributed by atoms with Crippen molar-refractivity contribution >= 4 is 17.9 Å². The Kier molecular flexibility index (Phi) is 3.42. The molecule has 0 bridgehead atoms. The average molecular weight is 233 g/mol. The molecule has 17 heavy (non-hydrogen) atoms. The van der Waals surface area contributed by atoms with Gasteiger partial charge < -0.3 is 14.8 Å². The third-order valence-electron chi connectivity index (χ3n) is 3.13. The fraction of sp³-hybridized carbons (Fsp3) is 0.385. The van der Waals surface area contributed by atoms with Crippen molar-refractivity contribution in [3.63, 3.8) is 0 Å². The van der Waals surface area contributed by atoms with E-state index in [4.69, 9.17) is 0 Å². The molecule has 1 heterocycles. The van der Waals surface area contributed by atoms with E-state index in [1.807, 2.05) is 24.3 Å². The summed E-state index contributed by atoms with van der Waals surface area (Å²) in [5.74, 6) is -0.414. The molecular weight excluding hydrogens is 218 g/mol. The maximum Gasteiger partial charge on any atom is 0.305 e. The largest absolute Gasteiger partial charge is 0.469 e. The highest BCUT2D eigenvalue weighted by atomic mass is 16.5. The van der Waals surface area contributed by atoms with Gasteiger partial charge in [0.1, 0.15) is 6.29 Å². The van der Waals surface area contributed by atoms with Gasteiger partial charge in [0.05, 0.1) is 13.0 Å². The molecule has 2 atom stereocenters. The van der Waals surface area contributed by atoms with Gasteiger partial charge in [-0.15, -0.1) is 0 Å². The minimum Gasteiger partial charge on any atom is -0.469 e. The van der Waals surface area contributed by atoms with Gasteiger partial charge in [-0.2, -0.15) is 0 Å². The number of anilines is 1. The van der Waals surface area contributed by atoms with Crippen LogP contribution in [0.2, 0.25) is 0 Å². The number of nitrogens with one attached hydrogen (secondary N) is 1. The Morgan fingerprint density at radius 3 is 2.94 bits per heavy atom. The second kappa shape index (κ2) is 4.99. The second-order valence-electron chi connectivity index (χ2n) is 4.11. The van der Waals surface area contributed by atoms with Gasteiger partial charge >= 0.3 is 5.97 Å². The van der Waals surface area contributed by atoms with Crippen LogP contribution in [-0.2, 0) is 14.3 Å². The molecule has 4 heteroatoms. The number of ether oxygens (including phenoxy) is 1. The van der Waals surface area contributed by atoms with E-state index >= 15 is 0 Å². The predicted octanol–water partition coefficient (Wildman–Crippen LogP) is 1.72. The molecule has 0 saturated carbocycles. The molecule has 1 aliphatic heterocycles. The van der Waals surface area contributed by atoms with Gasteiger partial charge in [-0.25, -0.2) is 0 Å². The topological polar surface area (TPSA) is 55.4 Å². The van der Waals surface area contributed by atoms with Gasteiger partial charge in [-0.3, -0.25) is 4.79 Å². The maximum absolute atomic E-state index is 11.1. The molecule has 0 amide bonds. The number of carbonyl (C=O) groups is 2. The van der Waals surface area contributed by atoms with Crippen LogP contribution >= 0.6 is 0 Å². The van der Waals surface area contributed by atoms with Crippen molar-refractivity contribution in [3.8, 4) is 0 Å². The number of hydrogen-bond acceptors (Lipinski definition) is 4. The van der Waals surface area contributed by atoms with E-state index in [0.29, 0.717) is 12.8 Å². The quantitative estimate of drug-likeness (QED) is 0.635. The van der Waals surface area contributed by atoms with Crippen molar-refractivity contribution in [1.29, 1.82) is 0 Å². The van der Waals surface area contributed by atoms with Crippen molar-refractivity contribution in [2.24, 2.45) is 0 Å². The smallest absolute Gasteiger partial charge is 0.305 e. The summed E-state index contributed by atoms with van der Waals surface area (Å²) in [6.45, 7) is 0. The Bertz CT molecular complexity index is 430. The number of para-hydroxylation sites is 1. The van der Waals surface area contributed by atoms with Crippen LogP contribution in [0.1, 0.15) is 24.3 Å². The van der Waals surface area contributed by atoms with Crippen LogP contribution in [0.4, 0.5) is 5.69 Å². The van der Waals surface area contributed by atoms with E-state index in [0.717, 1.165) is 17.5 Å². The van der Waals surface area contributed by atoms with Gasteiger partial charge in [-0.05, 0) is 18.1 Å². The molecule has 2 rings (SSSR count). The zero-order valence-electron chi connectivity index (χ0n) is 9.68. The Morgan fingerprint density at radius 1 is 1.47 bits per heavy atom. The lowest BCUT2D eigenvalue weighted by molar-refractivity contribution is -0.140. The van der Waals surface area contributed by atoms with Crippen molar-refractivity contribution in [2.45, 2.75) is 24.8 Å². The van der Waals surface area contributed by atoms with Gasteiger partial charge in [-0.1, -0.05) is 18.2 Å². The number of methoxy groups -OCH3 is 1. The Balaban J connectivity index is 2.07. The molecule has 1 N–H and O–H groups in total. The van der Waals surface area contributed by atoms with Crippen LogP contribution in [0.15, 0.2) is 24.3 Å². The van der Waals surface area contributed by atoms with E-state index in [2.05, 4.69) is 10.1 Å². The summed E-state index contributed by atoms with van der Waals surface area (Å²) in [4.78, 5) is 22.2. The molecule has 1 aromatic carbocycles. The molecule has 0 radical (unpaired) electrons. The Morgan fingerprint density at radius 2 is 2.24 bits per heavy atom. The van der Waals surface area contributed by atoms with E-state index < -0.39 is 0 Å². The predicted molar refractivity (Wildman–Crippen MR) is 63.9 cm³/mol. The molecule has 0 aromatic heterocycles. The SMILES string of the molecule is COC(=O)CCC1Nc2ccccc2C1C=O. The number of carbonyl (C=O) groups excluding carboxylic acids is 2. The van der Waals surface area contributed by atoms with Crippen LogP contribution in [0, 0.1) is 0 Å². The first-order chi connectivity index (χ1) is 8.26. The summed E-state index contributed by atoms with van der Waals surface area (Å²) in [5, 5.41) is 3.28. The first kappa shape index (κ1) is 11.6. The molecule has 1 aromatic rings. The lowest BCUT2D eigenvalue weighted by Crippen LogP contribution is -2.22. The minimum absolute atomic E-state index is 0.0102. The monoisotopic (exact) mass is 233 g/mol. The summed E-state index contributed by atoms with van der Waals surface area (Å²) in [7, 11) is 1.37. The molecule has 2 unspecified atom stereocenters. The Hall–Kier alpha value is -1.84. The highest BCUT2D eigenvalue weighted by molar-refractivity contribution is 5.75. The molecule has 0 spiro atoms. The van der Waals surface area contributed by atoms with Crippen molar-refractivity contribution in [3.05, 3.63) is 29.8 Å². The number of aldehydes is 1. The van der Waals surface area contributed by atoms with E-state index in [9.17, 15) is 9.59 Å². The molecule has 1 aliphatic rings. The van der Waals surface area contributed by atoms with Gasteiger partial charge in [0.25, 0.3) is 0 Å². The maximum atomic E-state index is 11.1.